The number of carbonyl (C=O) groups is 1. The smallest absolute Gasteiger partial charge is 0.231 e. The molecule has 0 aromatic heterocycles. The molecule has 1 fully saturated rings. The molecule has 2 aromatic rings. The number of Topliss-reactive ketones (excluding diaryl/α,β-unsaturated/α-hetero) is 1. The number of ketones is 1. The molecule has 1 saturated heterocycles. The summed E-state index contributed by atoms with van der Waals surface area (Å²) in [7, 11) is 3.77. The highest BCUT2D eigenvalue weighted by atomic mass is 16.7. The van der Waals surface area contributed by atoms with E-state index in [1.54, 1.807) is 7.11 Å². The SMILES string of the molecule is COc1c2c(cc3c1[C@H](CC(=O)C1(c4ccccc4)CCNCC1)N(C)CC3)OCO2. The van der Waals surface area contributed by atoms with Gasteiger partial charge in [0.2, 0.25) is 12.5 Å². The van der Waals surface area contributed by atoms with Crippen LogP contribution in [0.1, 0.15) is 42.0 Å². The Balaban J connectivity index is 1.53. The molecule has 0 amide bonds. The molecule has 6 nitrogen and oxygen atoms in total. The highest BCUT2D eigenvalue weighted by Gasteiger charge is 2.43. The van der Waals surface area contributed by atoms with Gasteiger partial charge in [0.05, 0.1) is 12.5 Å². The minimum Gasteiger partial charge on any atom is -0.492 e. The molecule has 0 saturated carbocycles. The minimum atomic E-state index is -0.436. The van der Waals surface area contributed by atoms with Crippen LogP contribution in [0.2, 0.25) is 0 Å². The molecule has 0 aliphatic carbocycles. The third-order valence-electron chi connectivity index (χ3n) is 7.24. The number of carbonyl (C=O) groups excluding carboxylic acids is 1. The summed E-state index contributed by atoms with van der Waals surface area (Å²) in [5.41, 5.74) is 2.97. The predicted octanol–water partition coefficient (Wildman–Crippen LogP) is 3.23. The number of hydrogen-bond acceptors (Lipinski definition) is 6. The van der Waals surface area contributed by atoms with Gasteiger partial charge in [0.1, 0.15) is 5.78 Å². The molecule has 6 heteroatoms. The fourth-order valence-corrected chi connectivity index (χ4v) is 5.49. The molecule has 5 rings (SSSR count). The Bertz CT molecular complexity index is 969. The molecule has 2 aromatic carbocycles. The zero-order chi connectivity index (χ0) is 21.4. The quantitative estimate of drug-likeness (QED) is 0.798. The van der Waals surface area contributed by atoms with Gasteiger partial charge in [-0.25, -0.2) is 0 Å². The molecular formula is C25H30N2O4. The van der Waals surface area contributed by atoms with Gasteiger partial charge >= 0.3 is 0 Å². The Morgan fingerprint density at radius 2 is 2.00 bits per heavy atom. The van der Waals surface area contributed by atoms with Gasteiger partial charge in [0, 0.05) is 24.6 Å². The summed E-state index contributed by atoms with van der Waals surface area (Å²) in [6, 6.07) is 12.3. The van der Waals surface area contributed by atoms with Crippen LogP contribution in [0.5, 0.6) is 17.2 Å². The minimum absolute atomic E-state index is 0.0452. The Hall–Kier alpha value is -2.57. The monoisotopic (exact) mass is 422 g/mol. The standard InChI is InChI=1S/C25H30N2O4/c1-27-13-8-17-14-20-23(31-16-30-20)24(29-2)22(17)19(27)15-21(28)25(9-11-26-12-10-25)18-6-4-3-5-7-18/h3-7,14,19,26H,8-13,15-16H2,1-2H3/t19-/m0/s1. The van der Waals surface area contributed by atoms with Crippen LogP contribution in [-0.4, -0.2) is 51.3 Å². The van der Waals surface area contributed by atoms with E-state index in [1.165, 1.54) is 5.56 Å². The van der Waals surface area contributed by atoms with E-state index >= 15 is 0 Å². The first kappa shape index (κ1) is 20.3. The molecule has 3 aliphatic heterocycles. The number of piperidine rings is 1. The molecule has 0 unspecified atom stereocenters. The average Bonchev–Trinajstić information content (AvgIpc) is 3.28. The van der Waals surface area contributed by atoms with Gasteiger partial charge in [0.25, 0.3) is 0 Å². The van der Waals surface area contributed by atoms with Crippen molar-refractivity contribution < 1.29 is 19.0 Å². The molecule has 0 bridgehead atoms. The number of methoxy groups -OCH3 is 1. The van der Waals surface area contributed by atoms with Gasteiger partial charge in [-0.15, -0.1) is 0 Å². The summed E-state index contributed by atoms with van der Waals surface area (Å²) < 4.78 is 17.2. The number of ether oxygens (including phenoxy) is 3. The fourth-order valence-electron chi connectivity index (χ4n) is 5.49. The molecule has 164 valence electrons. The van der Waals surface area contributed by atoms with Gasteiger partial charge in [-0.2, -0.15) is 0 Å². The Labute approximate surface area is 183 Å². The first-order valence-corrected chi connectivity index (χ1v) is 11.1. The van der Waals surface area contributed by atoms with Gasteiger partial charge in [-0.05, 0) is 56.6 Å². The number of rotatable bonds is 5. The van der Waals surface area contributed by atoms with Crippen molar-refractivity contribution in [3.8, 4) is 17.2 Å². The van der Waals surface area contributed by atoms with Crippen molar-refractivity contribution in [3.63, 3.8) is 0 Å². The van der Waals surface area contributed by atoms with Crippen molar-refractivity contribution in [1.82, 2.24) is 10.2 Å². The Morgan fingerprint density at radius 3 is 2.74 bits per heavy atom. The molecule has 1 N–H and O–H groups in total. The summed E-state index contributed by atoms with van der Waals surface area (Å²) in [4.78, 5) is 16.3. The normalized spacial score (nSPS) is 22.1. The first-order chi connectivity index (χ1) is 15.1. The largest absolute Gasteiger partial charge is 0.492 e. The molecule has 3 heterocycles. The lowest BCUT2D eigenvalue weighted by Gasteiger charge is -2.40. The van der Waals surface area contributed by atoms with E-state index in [0.29, 0.717) is 23.7 Å². The van der Waals surface area contributed by atoms with E-state index in [0.717, 1.165) is 55.8 Å². The number of benzene rings is 2. The summed E-state index contributed by atoms with van der Waals surface area (Å²) >= 11 is 0. The molecule has 0 radical (unpaired) electrons. The van der Waals surface area contributed by atoms with Gasteiger partial charge in [-0.3, -0.25) is 9.69 Å². The van der Waals surface area contributed by atoms with Crippen LogP contribution in [0.15, 0.2) is 36.4 Å². The van der Waals surface area contributed by atoms with Gasteiger partial charge in [0.15, 0.2) is 11.5 Å². The highest BCUT2D eigenvalue weighted by molar-refractivity contribution is 5.91. The molecule has 1 atom stereocenters. The summed E-state index contributed by atoms with van der Waals surface area (Å²) in [5.74, 6) is 2.43. The molecule has 31 heavy (non-hydrogen) atoms. The number of likely N-dealkylation sites (N-methyl/N-ethyl adjacent to an activating group) is 1. The van der Waals surface area contributed by atoms with Crippen molar-refractivity contribution in [3.05, 3.63) is 53.1 Å². The zero-order valence-electron chi connectivity index (χ0n) is 18.3. The zero-order valence-corrected chi connectivity index (χ0v) is 18.3. The van der Waals surface area contributed by atoms with Crippen LogP contribution in [0, 0.1) is 0 Å². The maximum absolute atomic E-state index is 14.0. The number of nitrogens with one attached hydrogen (secondary N) is 1. The van der Waals surface area contributed by atoms with E-state index in [1.807, 2.05) is 18.2 Å². The lowest BCUT2D eigenvalue weighted by atomic mass is 9.68. The van der Waals surface area contributed by atoms with Crippen LogP contribution in [-0.2, 0) is 16.6 Å². The summed E-state index contributed by atoms with van der Waals surface area (Å²) in [5, 5.41) is 3.43. The van der Waals surface area contributed by atoms with Crippen molar-refractivity contribution >= 4 is 5.78 Å². The lowest BCUT2D eigenvalue weighted by Crippen LogP contribution is -2.47. The average molecular weight is 423 g/mol. The van der Waals surface area contributed by atoms with Crippen LogP contribution in [0.25, 0.3) is 0 Å². The maximum atomic E-state index is 14.0. The van der Waals surface area contributed by atoms with E-state index in [4.69, 9.17) is 14.2 Å². The predicted molar refractivity (Wildman–Crippen MR) is 118 cm³/mol. The number of nitrogens with zero attached hydrogens (tertiary/aromatic N) is 1. The molecular weight excluding hydrogens is 392 g/mol. The summed E-state index contributed by atoms with van der Waals surface area (Å²) in [6.45, 7) is 2.82. The second kappa shape index (κ2) is 8.17. The Kier molecular flexibility index (Phi) is 5.36. The van der Waals surface area contributed by atoms with Gasteiger partial charge < -0.3 is 19.5 Å². The van der Waals surface area contributed by atoms with Gasteiger partial charge in [-0.1, -0.05) is 30.3 Å². The lowest BCUT2D eigenvalue weighted by molar-refractivity contribution is -0.127. The molecule has 0 spiro atoms. The van der Waals surface area contributed by atoms with Crippen LogP contribution in [0.4, 0.5) is 0 Å². The van der Waals surface area contributed by atoms with Crippen LogP contribution < -0.4 is 19.5 Å². The number of fused-ring (bicyclic) bond motifs is 2. The van der Waals surface area contributed by atoms with Crippen molar-refractivity contribution in [1.29, 1.82) is 0 Å². The Morgan fingerprint density at radius 1 is 1.23 bits per heavy atom. The fraction of sp³-hybridized carbons (Fsp3) is 0.480. The van der Waals surface area contributed by atoms with E-state index in [-0.39, 0.29) is 12.8 Å². The first-order valence-electron chi connectivity index (χ1n) is 11.1. The van der Waals surface area contributed by atoms with E-state index < -0.39 is 5.41 Å². The maximum Gasteiger partial charge on any atom is 0.231 e. The van der Waals surface area contributed by atoms with E-state index in [2.05, 4.69) is 35.5 Å². The second-order valence-electron chi connectivity index (χ2n) is 8.79. The van der Waals surface area contributed by atoms with E-state index in [9.17, 15) is 4.79 Å². The van der Waals surface area contributed by atoms with Crippen LogP contribution >= 0.6 is 0 Å². The third kappa shape index (κ3) is 3.38. The third-order valence-corrected chi connectivity index (χ3v) is 7.24. The number of hydrogen-bond donors (Lipinski definition) is 1. The summed E-state index contributed by atoms with van der Waals surface area (Å²) in [6.07, 6.45) is 3.01. The van der Waals surface area contributed by atoms with Crippen molar-refractivity contribution in [2.75, 3.05) is 40.6 Å². The second-order valence-corrected chi connectivity index (χ2v) is 8.79. The molecule has 3 aliphatic rings. The van der Waals surface area contributed by atoms with Crippen molar-refractivity contribution in [2.24, 2.45) is 0 Å². The van der Waals surface area contributed by atoms with Crippen molar-refractivity contribution in [2.45, 2.75) is 37.1 Å². The topological polar surface area (TPSA) is 60.0 Å². The highest BCUT2D eigenvalue weighted by Crippen LogP contribution is 2.50. The van der Waals surface area contributed by atoms with Crippen LogP contribution in [0.3, 0.4) is 0 Å².